The Morgan fingerprint density at radius 3 is 1.31 bits per heavy atom. The minimum atomic E-state index is -1.11. The molecule has 0 atom stereocenters. The maximum absolute atomic E-state index is 2.65. The smallest absolute Gasteiger partial charge is 0.0476 e. The van der Waals surface area contributed by atoms with Gasteiger partial charge in [0.05, 0.1) is 0 Å². The summed E-state index contributed by atoms with van der Waals surface area (Å²) >= 11 is 0. The molecule has 0 aliphatic rings. The summed E-state index contributed by atoms with van der Waals surface area (Å²) in [6.45, 7) is 30.2. The molecule has 0 fully saturated rings. The van der Waals surface area contributed by atoms with Gasteiger partial charge >= 0.3 is 0 Å². The molecule has 0 aliphatic heterocycles. The van der Waals surface area contributed by atoms with E-state index in [1.165, 1.54) is 80.4 Å². The Morgan fingerprint density at radius 2 is 0.972 bits per heavy atom. The Hall–Kier alpha value is -0.129. The first-order valence-electron chi connectivity index (χ1n) is 15.6. The van der Waals surface area contributed by atoms with E-state index in [0.717, 1.165) is 11.8 Å². The highest BCUT2D eigenvalue weighted by Gasteiger charge is 2.34. The van der Waals surface area contributed by atoms with E-state index in [2.05, 4.69) is 105 Å². The van der Waals surface area contributed by atoms with Gasteiger partial charge in [-0.05, 0) is 49.0 Å². The van der Waals surface area contributed by atoms with Crippen molar-refractivity contribution in [3.05, 3.63) is 35.4 Å². The van der Waals surface area contributed by atoms with Crippen LogP contribution in [0.15, 0.2) is 24.3 Å². The minimum absolute atomic E-state index is 0.385. The molecular formula is C33H66Si3. The van der Waals surface area contributed by atoms with Gasteiger partial charge in [-0.2, -0.15) is 0 Å². The monoisotopic (exact) mass is 546 g/mol. The molecule has 0 aromatic heterocycles. The van der Waals surface area contributed by atoms with Gasteiger partial charge in [0.25, 0.3) is 0 Å². The molecule has 0 N–H and O–H groups in total. The Bertz CT molecular complexity index is 700. The first kappa shape index (κ1) is 33.9. The van der Waals surface area contributed by atoms with Crippen molar-refractivity contribution in [2.45, 2.75) is 161 Å². The fourth-order valence-electron chi connectivity index (χ4n) is 7.02. The first-order valence-corrected chi connectivity index (χ1v) is 25.8. The second kappa shape index (κ2) is 14.9. The van der Waals surface area contributed by atoms with Gasteiger partial charge in [0.1, 0.15) is 0 Å². The van der Waals surface area contributed by atoms with Crippen LogP contribution in [0.25, 0.3) is 0 Å². The van der Waals surface area contributed by atoms with Crippen LogP contribution in [0.4, 0.5) is 0 Å². The lowest BCUT2D eigenvalue weighted by Gasteiger charge is -2.38. The van der Waals surface area contributed by atoms with Gasteiger partial charge in [0.2, 0.25) is 0 Å². The molecule has 1 aromatic carbocycles. The topological polar surface area (TPSA) is 0 Å². The molecular weight excluding hydrogens is 481 g/mol. The van der Waals surface area contributed by atoms with Gasteiger partial charge in [-0.25, -0.2) is 0 Å². The molecule has 0 unspecified atom stereocenters. The summed E-state index contributed by atoms with van der Waals surface area (Å²) in [5, 5.41) is 0. The van der Waals surface area contributed by atoms with Crippen molar-refractivity contribution in [3.8, 4) is 0 Å². The van der Waals surface area contributed by atoms with Crippen LogP contribution in [0.3, 0.4) is 0 Å². The molecule has 3 heteroatoms. The van der Waals surface area contributed by atoms with Crippen molar-refractivity contribution in [1.82, 2.24) is 0 Å². The van der Waals surface area contributed by atoms with E-state index in [9.17, 15) is 0 Å². The molecule has 0 aliphatic carbocycles. The molecule has 0 spiro atoms. The van der Waals surface area contributed by atoms with Gasteiger partial charge in [-0.3, -0.25) is 0 Å². The quantitative estimate of drug-likeness (QED) is 0.161. The summed E-state index contributed by atoms with van der Waals surface area (Å²) in [6.07, 6.45) is 8.52. The molecule has 1 aromatic rings. The normalized spacial score (nSPS) is 13.7. The Kier molecular flexibility index (Phi) is 14.0. The fraction of sp³-hybridized carbons (Fsp3) is 0.818. The summed E-state index contributed by atoms with van der Waals surface area (Å²) in [5.74, 6) is 1.70. The third kappa shape index (κ3) is 13.1. The van der Waals surface area contributed by atoms with Crippen LogP contribution in [0.5, 0.6) is 0 Å². The predicted molar refractivity (Wildman–Crippen MR) is 177 cm³/mol. The summed E-state index contributed by atoms with van der Waals surface area (Å²) < 4.78 is 0. The fourth-order valence-corrected chi connectivity index (χ4v) is 15.6. The number of rotatable bonds is 18. The van der Waals surface area contributed by atoms with Crippen molar-refractivity contribution in [2.75, 3.05) is 0 Å². The van der Waals surface area contributed by atoms with E-state index in [4.69, 9.17) is 0 Å². The average Bonchev–Trinajstić information content (AvgIpc) is 2.71. The van der Waals surface area contributed by atoms with Crippen molar-refractivity contribution in [1.29, 1.82) is 0 Å². The van der Waals surface area contributed by atoms with Crippen LogP contribution in [0.2, 0.25) is 75.5 Å². The van der Waals surface area contributed by atoms with Crippen LogP contribution in [0.1, 0.15) is 84.3 Å². The van der Waals surface area contributed by atoms with Crippen molar-refractivity contribution in [3.63, 3.8) is 0 Å². The molecule has 0 saturated carbocycles. The van der Waals surface area contributed by atoms with Gasteiger partial charge in [0, 0.05) is 24.2 Å². The highest BCUT2D eigenvalue weighted by Crippen LogP contribution is 2.43. The summed E-state index contributed by atoms with van der Waals surface area (Å²) in [7, 11) is -3.25. The predicted octanol–water partition coefficient (Wildman–Crippen LogP) is 12.0. The lowest BCUT2D eigenvalue weighted by Crippen LogP contribution is -2.32. The highest BCUT2D eigenvalue weighted by atomic mass is 28.3. The molecule has 0 saturated heterocycles. The van der Waals surface area contributed by atoms with Gasteiger partial charge in [-0.15, -0.1) is 0 Å². The van der Waals surface area contributed by atoms with Crippen molar-refractivity contribution >= 4 is 24.2 Å². The molecule has 0 heterocycles. The number of hydrogen-bond donors (Lipinski definition) is 0. The van der Waals surface area contributed by atoms with E-state index in [-0.39, 0.29) is 0 Å². The van der Waals surface area contributed by atoms with Crippen LogP contribution in [-0.4, -0.2) is 24.2 Å². The number of benzene rings is 1. The average molecular weight is 547 g/mol. The van der Waals surface area contributed by atoms with Gasteiger partial charge in [-0.1, -0.05) is 159 Å². The maximum Gasteiger partial charge on any atom is 0.0476 e. The molecule has 210 valence electrons. The maximum atomic E-state index is 2.65. The molecule has 0 amide bonds. The third-order valence-corrected chi connectivity index (χ3v) is 19.9. The Labute approximate surface area is 231 Å². The summed E-state index contributed by atoms with van der Waals surface area (Å²) in [4.78, 5) is 0. The van der Waals surface area contributed by atoms with Crippen LogP contribution in [-0.2, 0) is 5.41 Å². The zero-order chi connectivity index (χ0) is 27.6. The molecule has 36 heavy (non-hydrogen) atoms. The first-order chi connectivity index (χ1) is 16.5. The third-order valence-electron chi connectivity index (χ3n) is 9.07. The molecule has 1 rings (SSSR count). The van der Waals surface area contributed by atoms with Crippen molar-refractivity contribution < 1.29 is 0 Å². The Morgan fingerprint density at radius 1 is 0.611 bits per heavy atom. The second-order valence-electron chi connectivity index (χ2n) is 15.7. The van der Waals surface area contributed by atoms with Crippen LogP contribution >= 0.6 is 0 Å². The largest absolute Gasteiger partial charge is 0.0694 e. The summed E-state index contributed by atoms with van der Waals surface area (Å²) in [5.41, 5.74) is 3.45. The van der Waals surface area contributed by atoms with E-state index < -0.39 is 24.2 Å². The summed E-state index contributed by atoms with van der Waals surface area (Å²) in [6, 6.07) is 18.7. The lowest BCUT2D eigenvalue weighted by atomic mass is 9.70. The molecule has 0 bridgehead atoms. The second-order valence-corrected chi connectivity index (χ2v) is 31.8. The molecule has 0 radical (unpaired) electrons. The van der Waals surface area contributed by atoms with Gasteiger partial charge < -0.3 is 0 Å². The van der Waals surface area contributed by atoms with E-state index >= 15 is 0 Å². The van der Waals surface area contributed by atoms with E-state index in [1.807, 2.05) is 0 Å². The number of aryl methyl sites for hydroxylation is 1. The van der Waals surface area contributed by atoms with Crippen molar-refractivity contribution in [2.24, 2.45) is 11.8 Å². The standard InChI is InChI=1S/C33H66Si3/c1-13-34(7,8)24-14-21-33(32-19-17-31(6)18-20-32,22-15-25-35(9,10)27-29(2)3)23-16-26-36(11,12)28-30(4)5/h17-20,29-30H,13-16,21-28H2,1-12H3. The zero-order valence-electron chi connectivity index (χ0n) is 26.9. The number of hydrogen-bond acceptors (Lipinski definition) is 0. The zero-order valence-corrected chi connectivity index (χ0v) is 29.9. The lowest BCUT2D eigenvalue weighted by molar-refractivity contribution is 0.325. The van der Waals surface area contributed by atoms with E-state index in [1.54, 1.807) is 5.56 Å². The van der Waals surface area contributed by atoms with Gasteiger partial charge in [0.15, 0.2) is 0 Å². The van der Waals surface area contributed by atoms with E-state index in [0.29, 0.717) is 5.41 Å². The van der Waals surface area contributed by atoms with Crippen LogP contribution in [0, 0.1) is 18.8 Å². The minimum Gasteiger partial charge on any atom is -0.0694 e. The van der Waals surface area contributed by atoms with Crippen LogP contribution < -0.4 is 0 Å². The Balaban J connectivity index is 3.19. The molecule has 0 nitrogen and oxygen atoms in total. The SMILES string of the molecule is CC[Si](C)(C)CCCC(CCC[Si](C)(C)CC(C)C)(CCC[Si](C)(C)CC(C)C)c1ccc(C)cc1. The highest BCUT2D eigenvalue weighted by molar-refractivity contribution is 6.78.